The van der Waals surface area contributed by atoms with Crippen molar-refractivity contribution >= 4 is 14.3 Å². The third kappa shape index (κ3) is 1.45. The fourth-order valence-corrected chi connectivity index (χ4v) is 8.97. The van der Waals surface area contributed by atoms with E-state index in [1.165, 1.54) is 10.5 Å². The van der Waals surface area contributed by atoms with E-state index in [1.54, 1.807) is 11.1 Å². The van der Waals surface area contributed by atoms with Crippen LogP contribution in [0.3, 0.4) is 0 Å². The molecule has 1 radical (unpaired) electrons. The Kier molecular flexibility index (Phi) is 2.27. The molecular weight excluding hydrogens is 205 g/mol. The van der Waals surface area contributed by atoms with Crippen LogP contribution in [0.4, 0.5) is 0 Å². The molecule has 1 heteroatoms. The molecule has 0 saturated carbocycles. The Morgan fingerprint density at radius 3 is 2.08 bits per heavy atom. The Hall–Kier alpha value is -0.237. The van der Waals surface area contributed by atoms with Crippen molar-refractivity contribution in [3.8, 4) is 0 Å². The molecular formula is C11H15Ge. The molecule has 1 aliphatic heterocycles. The first kappa shape index (κ1) is 8.37. The van der Waals surface area contributed by atoms with E-state index >= 15 is 0 Å². The van der Waals surface area contributed by atoms with E-state index in [4.69, 9.17) is 0 Å². The molecule has 2 aliphatic rings. The Morgan fingerprint density at radius 1 is 1.08 bits per heavy atom. The summed E-state index contributed by atoms with van der Waals surface area (Å²) in [4.78, 5) is 0. The van der Waals surface area contributed by atoms with E-state index in [2.05, 4.69) is 38.2 Å². The van der Waals surface area contributed by atoms with Gasteiger partial charge in [-0.1, -0.05) is 0 Å². The average Bonchev–Trinajstić information content (AvgIpc) is 2.61. The van der Waals surface area contributed by atoms with Gasteiger partial charge < -0.3 is 0 Å². The van der Waals surface area contributed by atoms with Crippen molar-refractivity contribution in [1.82, 2.24) is 0 Å². The van der Waals surface area contributed by atoms with Gasteiger partial charge >= 0.3 is 78.9 Å². The van der Waals surface area contributed by atoms with E-state index in [0.29, 0.717) is 0 Å². The summed E-state index contributed by atoms with van der Waals surface area (Å²) in [7, 11) is 0. The first-order valence-corrected chi connectivity index (χ1v) is 8.80. The fraction of sp³-hybridized carbons (Fsp3) is 0.455. The summed E-state index contributed by atoms with van der Waals surface area (Å²) in [5.74, 6) is 0. The van der Waals surface area contributed by atoms with Crippen LogP contribution < -0.4 is 0 Å². The molecule has 0 bridgehead atoms. The second-order valence-corrected chi connectivity index (χ2v) is 9.51. The van der Waals surface area contributed by atoms with Gasteiger partial charge in [0.05, 0.1) is 0 Å². The molecule has 0 saturated heterocycles. The van der Waals surface area contributed by atoms with Crippen LogP contribution in [0, 0.1) is 0 Å². The minimum atomic E-state index is -0.769. The molecule has 12 heavy (non-hydrogen) atoms. The van der Waals surface area contributed by atoms with Gasteiger partial charge in [0.2, 0.25) is 0 Å². The SMILES string of the molecule is CC1=C(C)[CH2][Ge]([CH]2C=CC=C2)[CH2]1. The Bertz CT molecular complexity index is 245. The van der Waals surface area contributed by atoms with Gasteiger partial charge in [-0.05, 0) is 0 Å². The molecule has 0 atom stereocenters. The predicted molar refractivity (Wildman–Crippen MR) is 55.8 cm³/mol. The van der Waals surface area contributed by atoms with Gasteiger partial charge in [-0.3, -0.25) is 0 Å². The molecule has 63 valence electrons. The van der Waals surface area contributed by atoms with Crippen LogP contribution in [-0.2, 0) is 0 Å². The van der Waals surface area contributed by atoms with E-state index in [-0.39, 0.29) is 0 Å². The second kappa shape index (κ2) is 3.25. The van der Waals surface area contributed by atoms with E-state index in [9.17, 15) is 0 Å². The van der Waals surface area contributed by atoms with Crippen molar-refractivity contribution in [2.75, 3.05) is 0 Å². The second-order valence-electron chi connectivity index (χ2n) is 3.87. The molecule has 0 amide bonds. The van der Waals surface area contributed by atoms with Crippen molar-refractivity contribution in [2.24, 2.45) is 0 Å². The summed E-state index contributed by atoms with van der Waals surface area (Å²) in [6, 6.07) is 0. The van der Waals surface area contributed by atoms with Gasteiger partial charge in [0.1, 0.15) is 0 Å². The van der Waals surface area contributed by atoms with Gasteiger partial charge in [-0.2, -0.15) is 0 Å². The van der Waals surface area contributed by atoms with E-state index in [1.807, 2.05) is 0 Å². The fourth-order valence-electron chi connectivity index (χ4n) is 1.99. The van der Waals surface area contributed by atoms with E-state index < -0.39 is 14.3 Å². The first-order chi connectivity index (χ1) is 5.77. The number of hydrogen-bond acceptors (Lipinski definition) is 0. The molecule has 0 nitrogen and oxygen atoms in total. The van der Waals surface area contributed by atoms with Crippen molar-refractivity contribution in [2.45, 2.75) is 29.1 Å². The quantitative estimate of drug-likeness (QED) is 0.469. The van der Waals surface area contributed by atoms with Crippen LogP contribution in [0.1, 0.15) is 13.8 Å². The van der Waals surface area contributed by atoms with Gasteiger partial charge in [-0.25, -0.2) is 0 Å². The molecule has 0 aromatic rings. The normalized spacial score (nSPS) is 24.8. The van der Waals surface area contributed by atoms with Crippen molar-refractivity contribution in [3.05, 3.63) is 35.5 Å². The summed E-state index contributed by atoms with van der Waals surface area (Å²) in [6.07, 6.45) is 9.24. The Morgan fingerprint density at radius 2 is 1.58 bits per heavy atom. The molecule has 1 heterocycles. The molecule has 0 aromatic heterocycles. The average molecular weight is 220 g/mol. The minimum absolute atomic E-state index is 0.769. The zero-order valence-electron chi connectivity index (χ0n) is 7.80. The summed E-state index contributed by atoms with van der Waals surface area (Å²) < 4.78 is 0.886. The van der Waals surface area contributed by atoms with Crippen LogP contribution in [0.5, 0.6) is 0 Å². The van der Waals surface area contributed by atoms with Crippen LogP contribution >= 0.6 is 0 Å². The maximum absolute atomic E-state index is 2.40. The summed E-state index contributed by atoms with van der Waals surface area (Å²) >= 11 is -0.769. The topological polar surface area (TPSA) is 0 Å². The van der Waals surface area contributed by atoms with Crippen LogP contribution in [0.15, 0.2) is 35.5 Å². The zero-order chi connectivity index (χ0) is 8.55. The van der Waals surface area contributed by atoms with Crippen molar-refractivity contribution in [3.63, 3.8) is 0 Å². The van der Waals surface area contributed by atoms with Gasteiger partial charge in [0.25, 0.3) is 0 Å². The van der Waals surface area contributed by atoms with Gasteiger partial charge in [0.15, 0.2) is 0 Å². The predicted octanol–water partition coefficient (Wildman–Crippen LogP) is 3.33. The zero-order valence-corrected chi connectivity index (χ0v) is 9.90. The monoisotopic (exact) mass is 221 g/mol. The van der Waals surface area contributed by atoms with Crippen LogP contribution in [0.25, 0.3) is 0 Å². The standard InChI is InChI=1S/C11H15Ge/c1-9-7-12(8-10(9)2)11-5-3-4-6-11/h3-6,11H,7-8H2,1-2H3. The molecule has 2 rings (SSSR count). The summed E-state index contributed by atoms with van der Waals surface area (Å²) in [5, 5.41) is 2.95. The number of allylic oxidation sites excluding steroid dienone is 6. The van der Waals surface area contributed by atoms with Crippen molar-refractivity contribution in [1.29, 1.82) is 0 Å². The molecule has 0 spiro atoms. The molecule has 0 unspecified atom stereocenters. The molecule has 0 N–H and O–H groups in total. The molecule has 0 fully saturated rings. The maximum atomic E-state index is 2.40. The Labute approximate surface area is 79.2 Å². The molecule has 1 aliphatic carbocycles. The van der Waals surface area contributed by atoms with Gasteiger partial charge in [-0.15, -0.1) is 0 Å². The van der Waals surface area contributed by atoms with Gasteiger partial charge in [0, 0.05) is 0 Å². The number of rotatable bonds is 1. The summed E-state index contributed by atoms with van der Waals surface area (Å²) in [5.41, 5.74) is 3.39. The van der Waals surface area contributed by atoms with Crippen molar-refractivity contribution < 1.29 is 0 Å². The first-order valence-electron chi connectivity index (χ1n) is 4.62. The third-order valence-corrected chi connectivity index (χ3v) is 9.85. The number of hydrogen-bond donors (Lipinski definition) is 0. The van der Waals surface area contributed by atoms with Crippen LogP contribution in [-0.4, -0.2) is 14.3 Å². The Balaban J connectivity index is 2.03. The summed E-state index contributed by atoms with van der Waals surface area (Å²) in [6.45, 7) is 4.63. The van der Waals surface area contributed by atoms with Crippen LogP contribution in [0.2, 0.25) is 15.3 Å². The van der Waals surface area contributed by atoms with E-state index in [0.717, 1.165) is 4.75 Å². The third-order valence-electron chi connectivity index (χ3n) is 2.93. The molecule has 0 aromatic carbocycles.